The summed E-state index contributed by atoms with van der Waals surface area (Å²) in [6.45, 7) is 0.453. The van der Waals surface area contributed by atoms with Gasteiger partial charge >= 0.3 is 0 Å². The van der Waals surface area contributed by atoms with Gasteiger partial charge in [-0.3, -0.25) is 0 Å². The Kier molecular flexibility index (Phi) is 3.54. The summed E-state index contributed by atoms with van der Waals surface area (Å²) in [5.74, 6) is 1.53. The van der Waals surface area contributed by atoms with Crippen LogP contribution in [0.15, 0.2) is 42.5 Å². The first kappa shape index (κ1) is 12.6. The van der Waals surface area contributed by atoms with Gasteiger partial charge in [-0.15, -0.1) is 0 Å². The molecule has 1 aliphatic heterocycles. The van der Waals surface area contributed by atoms with Gasteiger partial charge in [-0.25, -0.2) is 0 Å². The largest absolute Gasteiger partial charge is 0.488 e. The van der Waals surface area contributed by atoms with Crippen molar-refractivity contribution in [1.82, 2.24) is 0 Å². The van der Waals surface area contributed by atoms with Crippen LogP contribution in [-0.4, -0.2) is 12.7 Å². The summed E-state index contributed by atoms with van der Waals surface area (Å²) >= 11 is 12.0. The molecule has 4 heteroatoms. The highest BCUT2D eigenvalue weighted by molar-refractivity contribution is 6.34. The molecule has 0 aromatic heterocycles. The van der Waals surface area contributed by atoms with Crippen LogP contribution in [0.2, 0.25) is 10.0 Å². The Balaban J connectivity index is 1.64. The van der Waals surface area contributed by atoms with Crippen molar-refractivity contribution >= 4 is 23.2 Å². The first-order valence-corrected chi connectivity index (χ1v) is 6.80. The Morgan fingerprint density at radius 3 is 2.84 bits per heavy atom. The maximum Gasteiger partial charge on any atom is 0.139 e. The SMILES string of the molecule is Clc1ccc(Cl)c(OCC2Cc3ccccc3O2)c1. The average Bonchev–Trinajstić information content (AvgIpc) is 2.82. The highest BCUT2D eigenvalue weighted by Crippen LogP contribution is 2.31. The Hall–Kier alpha value is -1.38. The van der Waals surface area contributed by atoms with E-state index in [0.29, 0.717) is 22.4 Å². The van der Waals surface area contributed by atoms with E-state index in [4.69, 9.17) is 32.7 Å². The Morgan fingerprint density at radius 2 is 2.00 bits per heavy atom. The quantitative estimate of drug-likeness (QED) is 0.836. The highest BCUT2D eigenvalue weighted by atomic mass is 35.5. The lowest BCUT2D eigenvalue weighted by molar-refractivity contribution is 0.148. The van der Waals surface area contributed by atoms with Gasteiger partial charge < -0.3 is 9.47 Å². The molecule has 1 unspecified atom stereocenters. The zero-order valence-corrected chi connectivity index (χ0v) is 11.6. The third-order valence-corrected chi connectivity index (χ3v) is 3.58. The average molecular weight is 295 g/mol. The van der Waals surface area contributed by atoms with Gasteiger partial charge in [-0.1, -0.05) is 41.4 Å². The minimum Gasteiger partial charge on any atom is -0.488 e. The van der Waals surface area contributed by atoms with E-state index in [9.17, 15) is 0 Å². The number of halogens is 2. The van der Waals surface area contributed by atoms with Gasteiger partial charge in [0.1, 0.15) is 24.2 Å². The second-order valence-electron chi connectivity index (χ2n) is 4.44. The van der Waals surface area contributed by atoms with Gasteiger partial charge in [-0.2, -0.15) is 0 Å². The van der Waals surface area contributed by atoms with Crippen molar-refractivity contribution in [2.45, 2.75) is 12.5 Å². The Bertz CT molecular complexity index is 573. The van der Waals surface area contributed by atoms with Gasteiger partial charge in [0.25, 0.3) is 0 Å². The molecule has 2 aromatic rings. The fraction of sp³-hybridized carbons (Fsp3) is 0.200. The number of hydrogen-bond donors (Lipinski definition) is 0. The fourth-order valence-electron chi connectivity index (χ4n) is 2.12. The molecule has 2 aromatic carbocycles. The molecule has 0 N–H and O–H groups in total. The monoisotopic (exact) mass is 294 g/mol. The van der Waals surface area contributed by atoms with E-state index in [1.54, 1.807) is 18.2 Å². The molecule has 0 saturated carbocycles. The molecule has 2 nitrogen and oxygen atoms in total. The molecule has 1 heterocycles. The van der Waals surface area contributed by atoms with E-state index in [1.165, 1.54) is 5.56 Å². The molecular formula is C15H12Cl2O2. The van der Waals surface area contributed by atoms with E-state index in [0.717, 1.165) is 12.2 Å². The van der Waals surface area contributed by atoms with Crippen molar-refractivity contribution in [2.24, 2.45) is 0 Å². The van der Waals surface area contributed by atoms with E-state index in [-0.39, 0.29) is 6.10 Å². The van der Waals surface area contributed by atoms with Crippen molar-refractivity contribution in [1.29, 1.82) is 0 Å². The van der Waals surface area contributed by atoms with E-state index >= 15 is 0 Å². The lowest BCUT2D eigenvalue weighted by atomic mass is 10.1. The second-order valence-corrected chi connectivity index (χ2v) is 5.28. The summed E-state index contributed by atoms with van der Waals surface area (Å²) < 4.78 is 11.5. The highest BCUT2D eigenvalue weighted by Gasteiger charge is 2.23. The molecule has 0 saturated heterocycles. The van der Waals surface area contributed by atoms with E-state index in [2.05, 4.69) is 6.07 Å². The molecule has 1 aliphatic rings. The van der Waals surface area contributed by atoms with Crippen molar-refractivity contribution in [3.05, 3.63) is 58.1 Å². The molecule has 19 heavy (non-hydrogen) atoms. The van der Waals surface area contributed by atoms with E-state index < -0.39 is 0 Å². The van der Waals surface area contributed by atoms with Crippen LogP contribution in [-0.2, 0) is 6.42 Å². The first-order chi connectivity index (χ1) is 9.22. The number of rotatable bonds is 3. The molecule has 0 bridgehead atoms. The summed E-state index contributed by atoms with van der Waals surface area (Å²) in [5.41, 5.74) is 1.22. The second kappa shape index (κ2) is 5.32. The topological polar surface area (TPSA) is 18.5 Å². The van der Waals surface area contributed by atoms with Crippen LogP contribution in [0.3, 0.4) is 0 Å². The Labute approximate surface area is 121 Å². The lowest BCUT2D eigenvalue weighted by Gasteiger charge is -2.13. The van der Waals surface area contributed by atoms with Crippen LogP contribution in [0.25, 0.3) is 0 Å². The molecule has 0 spiro atoms. The molecule has 0 fully saturated rings. The molecule has 0 amide bonds. The summed E-state index contributed by atoms with van der Waals surface area (Å²) in [4.78, 5) is 0. The number of fused-ring (bicyclic) bond motifs is 1. The first-order valence-electron chi connectivity index (χ1n) is 6.05. The standard InChI is InChI=1S/C15H12Cl2O2/c16-11-5-6-13(17)15(8-11)18-9-12-7-10-3-1-2-4-14(10)19-12/h1-6,8,12H,7,9H2. The number of hydrogen-bond acceptors (Lipinski definition) is 2. The zero-order valence-electron chi connectivity index (χ0n) is 10.1. The molecule has 98 valence electrons. The summed E-state index contributed by atoms with van der Waals surface area (Å²) in [5, 5.41) is 1.16. The fourth-order valence-corrected chi connectivity index (χ4v) is 2.45. The summed E-state index contributed by atoms with van der Waals surface area (Å²) in [6.07, 6.45) is 0.876. The van der Waals surface area contributed by atoms with Crippen LogP contribution in [0.5, 0.6) is 11.5 Å². The summed E-state index contributed by atoms with van der Waals surface area (Å²) in [6, 6.07) is 13.2. The van der Waals surface area contributed by atoms with Crippen LogP contribution in [0.1, 0.15) is 5.56 Å². The van der Waals surface area contributed by atoms with Crippen LogP contribution in [0, 0.1) is 0 Å². The summed E-state index contributed by atoms with van der Waals surface area (Å²) in [7, 11) is 0. The van der Waals surface area contributed by atoms with Gasteiger partial charge in [0.15, 0.2) is 0 Å². The van der Waals surface area contributed by atoms with Crippen LogP contribution >= 0.6 is 23.2 Å². The van der Waals surface area contributed by atoms with E-state index in [1.807, 2.05) is 18.2 Å². The number of ether oxygens (including phenoxy) is 2. The maximum atomic E-state index is 6.05. The molecule has 3 rings (SSSR count). The Morgan fingerprint density at radius 1 is 1.16 bits per heavy atom. The normalized spacial score (nSPS) is 16.8. The van der Waals surface area contributed by atoms with Crippen molar-refractivity contribution in [2.75, 3.05) is 6.61 Å². The molecular weight excluding hydrogens is 283 g/mol. The smallest absolute Gasteiger partial charge is 0.139 e. The zero-order chi connectivity index (χ0) is 13.2. The van der Waals surface area contributed by atoms with Crippen molar-refractivity contribution in [3.8, 4) is 11.5 Å². The predicted molar refractivity (Wildman–Crippen MR) is 76.5 cm³/mol. The van der Waals surface area contributed by atoms with Gasteiger partial charge in [0.05, 0.1) is 5.02 Å². The van der Waals surface area contributed by atoms with Gasteiger partial charge in [0.2, 0.25) is 0 Å². The molecule has 1 atom stereocenters. The maximum absolute atomic E-state index is 6.05. The third kappa shape index (κ3) is 2.80. The minimum absolute atomic E-state index is 0.0208. The van der Waals surface area contributed by atoms with Gasteiger partial charge in [0, 0.05) is 17.5 Å². The minimum atomic E-state index is 0.0208. The third-order valence-electron chi connectivity index (χ3n) is 3.03. The van der Waals surface area contributed by atoms with Crippen molar-refractivity contribution < 1.29 is 9.47 Å². The predicted octanol–water partition coefficient (Wildman–Crippen LogP) is 4.38. The van der Waals surface area contributed by atoms with Crippen molar-refractivity contribution in [3.63, 3.8) is 0 Å². The van der Waals surface area contributed by atoms with Gasteiger partial charge in [-0.05, 0) is 23.8 Å². The molecule has 0 aliphatic carbocycles. The van der Waals surface area contributed by atoms with Crippen LogP contribution < -0.4 is 9.47 Å². The number of benzene rings is 2. The lowest BCUT2D eigenvalue weighted by Crippen LogP contribution is -2.22. The van der Waals surface area contributed by atoms with Crippen LogP contribution in [0.4, 0.5) is 0 Å². The number of para-hydroxylation sites is 1. The molecule has 0 radical (unpaired) electrons.